The third-order valence-electron chi connectivity index (χ3n) is 4.51. The first kappa shape index (κ1) is 14.4. The molecule has 1 aliphatic carbocycles. The number of piperidine rings is 1. The third-order valence-corrected chi connectivity index (χ3v) is 4.51. The van der Waals surface area contributed by atoms with Crippen molar-refractivity contribution in [2.45, 2.75) is 51.0 Å². The van der Waals surface area contributed by atoms with Crippen LogP contribution in [-0.2, 0) is 4.74 Å². The fourth-order valence-corrected chi connectivity index (χ4v) is 2.90. The Morgan fingerprint density at radius 2 is 2.29 bits per heavy atom. The molecule has 6 nitrogen and oxygen atoms in total. The van der Waals surface area contributed by atoms with Gasteiger partial charge in [-0.25, -0.2) is 4.79 Å². The maximum Gasteiger partial charge on any atom is 0.322 e. The Morgan fingerprint density at radius 1 is 1.52 bits per heavy atom. The number of anilines is 1. The molecule has 1 saturated carbocycles. The molecule has 1 aromatic heterocycles. The number of likely N-dealkylation sites (tertiary alicyclic amines) is 1. The molecule has 0 bridgehead atoms. The molecule has 1 aromatic rings. The van der Waals surface area contributed by atoms with Gasteiger partial charge in [0.15, 0.2) is 5.76 Å². The van der Waals surface area contributed by atoms with Crippen molar-refractivity contribution in [1.29, 1.82) is 0 Å². The molecular weight excluding hydrogens is 270 g/mol. The molecule has 1 N–H and O–H groups in total. The molecule has 2 amide bonds. The minimum absolute atomic E-state index is 0.0915. The molecule has 3 rings (SSSR count). The minimum Gasteiger partial charge on any atom is -0.377 e. The van der Waals surface area contributed by atoms with Gasteiger partial charge in [0.25, 0.3) is 0 Å². The van der Waals surface area contributed by atoms with Crippen LogP contribution in [-0.4, -0.2) is 41.9 Å². The molecule has 6 heteroatoms. The van der Waals surface area contributed by atoms with Crippen molar-refractivity contribution >= 4 is 11.7 Å². The maximum atomic E-state index is 12.5. The van der Waals surface area contributed by atoms with Gasteiger partial charge in [0.1, 0.15) is 11.4 Å². The number of methoxy groups -OCH3 is 1. The molecule has 0 aromatic carbocycles. The topological polar surface area (TPSA) is 67.6 Å². The number of carbonyl (C=O) groups excluding carboxylic acids is 1. The first-order valence-electron chi connectivity index (χ1n) is 7.60. The van der Waals surface area contributed by atoms with Gasteiger partial charge in [0.2, 0.25) is 0 Å². The minimum atomic E-state index is -0.251. The number of nitrogens with zero attached hydrogens (tertiary/aromatic N) is 2. The van der Waals surface area contributed by atoms with E-state index in [2.05, 4.69) is 10.5 Å². The molecule has 116 valence electrons. The summed E-state index contributed by atoms with van der Waals surface area (Å²) < 4.78 is 10.9. The average molecular weight is 293 g/mol. The Bertz CT molecular complexity index is 538. The molecule has 2 fully saturated rings. The van der Waals surface area contributed by atoms with Crippen LogP contribution in [0.1, 0.15) is 50.0 Å². The maximum absolute atomic E-state index is 12.5. The van der Waals surface area contributed by atoms with Crippen LogP contribution in [0.2, 0.25) is 0 Å². The average Bonchev–Trinajstić information content (AvgIpc) is 3.25. The molecule has 2 heterocycles. The Kier molecular flexibility index (Phi) is 3.65. The van der Waals surface area contributed by atoms with E-state index in [-0.39, 0.29) is 11.6 Å². The zero-order valence-electron chi connectivity index (χ0n) is 12.9. The summed E-state index contributed by atoms with van der Waals surface area (Å²) in [5.41, 5.74) is 1.25. The van der Waals surface area contributed by atoms with Crippen LogP contribution in [0, 0.1) is 6.92 Å². The summed E-state index contributed by atoms with van der Waals surface area (Å²) >= 11 is 0. The summed E-state index contributed by atoms with van der Waals surface area (Å²) in [6.07, 6.45) is 4.16. The Morgan fingerprint density at radius 3 is 2.95 bits per heavy atom. The summed E-state index contributed by atoms with van der Waals surface area (Å²) in [6, 6.07) is -0.0915. The number of ether oxygens (including phenoxy) is 1. The van der Waals surface area contributed by atoms with Gasteiger partial charge in [-0.1, -0.05) is 5.16 Å². The normalized spacial score (nSPS) is 26.0. The Balaban J connectivity index is 1.70. The van der Waals surface area contributed by atoms with E-state index in [1.165, 1.54) is 0 Å². The SMILES string of the molecule is COC1(C)CCCN(C(=O)Nc2c(C)noc2C2CC2)C1. The monoisotopic (exact) mass is 293 g/mol. The highest BCUT2D eigenvalue weighted by molar-refractivity contribution is 5.90. The van der Waals surface area contributed by atoms with Crippen molar-refractivity contribution in [2.75, 3.05) is 25.5 Å². The van der Waals surface area contributed by atoms with E-state index in [1.54, 1.807) is 7.11 Å². The number of hydrogen-bond donors (Lipinski definition) is 1. The van der Waals surface area contributed by atoms with Crippen molar-refractivity contribution < 1.29 is 14.1 Å². The van der Waals surface area contributed by atoms with E-state index in [0.717, 1.165) is 49.4 Å². The summed E-state index contributed by atoms with van der Waals surface area (Å²) in [4.78, 5) is 14.3. The highest BCUT2D eigenvalue weighted by Crippen LogP contribution is 2.44. The molecular formula is C15H23N3O3. The van der Waals surface area contributed by atoms with Crippen LogP contribution >= 0.6 is 0 Å². The lowest BCUT2D eigenvalue weighted by atomic mass is 9.95. The van der Waals surface area contributed by atoms with Crippen LogP contribution in [0.25, 0.3) is 0 Å². The first-order valence-corrected chi connectivity index (χ1v) is 7.60. The van der Waals surface area contributed by atoms with Gasteiger partial charge >= 0.3 is 6.03 Å². The van der Waals surface area contributed by atoms with Gasteiger partial charge in [0, 0.05) is 19.6 Å². The van der Waals surface area contributed by atoms with Crippen LogP contribution in [0.5, 0.6) is 0 Å². The molecule has 1 unspecified atom stereocenters. The number of carbonyl (C=O) groups is 1. The zero-order valence-corrected chi connectivity index (χ0v) is 12.9. The lowest BCUT2D eigenvalue weighted by Crippen LogP contribution is -2.51. The second kappa shape index (κ2) is 5.33. The fraction of sp³-hybridized carbons (Fsp3) is 0.733. The number of rotatable bonds is 3. The number of hydrogen-bond acceptors (Lipinski definition) is 4. The first-order chi connectivity index (χ1) is 10.0. The molecule has 1 aliphatic heterocycles. The van der Waals surface area contributed by atoms with Crippen molar-refractivity contribution in [3.05, 3.63) is 11.5 Å². The fourth-order valence-electron chi connectivity index (χ4n) is 2.90. The summed E-state index contributed by atoms with van der Waals surface area (Å²) in [6.45, 7) is 5.28. The van der Waals surface area contributed by atoms with Crippen molar-refractivity contribution in [1.82, 2.24) is 10.1 Å². The van der Waals surface area contributed by atoms with Crippen LogP contribution in [0.15, 0.2) is 4.52 Å². The lowest BCUT2D eigenvalue weighted by molar-refractivity contribution is -0.0389. The smallest absolute Gasteiger partial charge is 0.322 e. The quantitative estimate of drug-likeness (QED) is 0.930. The highest BCUT2D eigenvalue weighted by atomic mass is 16.5. The molecule has 21 heavy (non-hydrogen) atoms. The van der Waals surface area contributed by atoms with E-state index in [4.69, 9.17) is 9.26 Å². The summed E-state index contributed by atoms with van der Waals surface area (Å²) in [5, 5.41) is 6.97. The van der Waals surface area contributed by atoms with Crippen molar-refractivity contribution in [2.24, 2.45) is 0 Å². The van der Waals surface area contributed by atoms with Crippen LogP contribution in [0.3, 0.4) is 0 Å². The van der Waals surface area contributed by atoms with E-state index in [9.17, 15) is 4.79 Å². The van der Waals surface area contributed by atoms with Gasteiger partial charge in [-0.3, -0.25) is 0 Å². The van der Waals surface area contributed by atoms with Gasteiger partial charge in [-0.05, 0) is 39.5 Å². The predicted molar refractivity (Wildman–Crippen MR) is 78.5 cm³/mol. The van der Waals surface area contributed by atoms with Gasteiger partial charge < -0.3 is 19.5 Å². The molecule has 1 saturated heterocycles. The van der Waals surface area contributed by atoms with Crippen LogP contribution in [0.4, 0.5) is 10.5 Å². The summed E-state index contributed by atoms with van der Waals surface area (Å²) in [7, 11) is 1.71. The van der Waals surface area contributed by atoms with E-state index >= 15 is 0 Å². The van der Waals surface area contributed by atoms with Gasteiger partial charge in [0.05, 0.1) is 12.1 Å². The molecule has 1 atom stereocenters. The van der Waals surface area contributed by atoms with Crippen molar-refractivity contribution in [3.8, 4) is 0 Å². The second-order valence-electron chi connectivity index (χ2n) is 6.39. The molecule has 0 radical (unpaired) electrons. The summed E-state index contributed by atoms with van der Waals surface area (Å²) in [5.74, 6) is 1.25. The molecule has 0 spiro atoms. The Hall–Kier alpha value is -1.56. The van der Waals surface area contributed by atoms with Gasteiger partial charge in [-0.15, -0.1) is 0 Å². The lowest BCUT2D eigenvalue weighted by Gasteiger charge is -2.39. The number of aromatic nitrogens is 1. The zero-order chi connectivity index (χ0) is 15.0. The highest BCUT2D eigenvalue weighted by Gasteiger charge is 2.35. The van der Waals surface area contributed by atoms with Crippen LogP contribution < -0.4 is 5.32 Å². The standard InChI is InChI=1S/C15H23N3O3/c1-10-12(13(21-17-10)11-5-6-11)16-14(19)18-8-4-7-15(2,9-18)20-3/h11H,4-9H2,1-3H3,(H,16,19). The van der Waals surface area contributed by atoms with E-state index in [1.807, 2.05) is 18.7 Å². The Labute approximate surface area is 124 Å². The van der Waals surface area contributed by atoms with Gasteiger partial charge in [-0.2, -0.15) is 0 Å². The number of aryl methyl sites for hydroxylation is 1. The largest absolute Gasteiger partial charge is 0.377 e. The van der Waals surface area contributed by atoms with E-state index < -0.39 is 0 Å². The predicted octanol–water partition coefficient (Wildman–Crippen LogP) is 2.89. The number of urea groups is 1. The third kappa shape index (κ3) is 2.90. The molecule has 2 aliphatic rings. The number of amides is 2. The van der Waals surface area contributed by atoms with Crippen molar-refractivity contribution in [3.63, 3.8) is 0 Å². The van der Waals surface area contributed by atoms with E-state index in [0.29, 0.717) is 12.5 Å². The second-order valence-corrected chi connectivity index (χ2v) is 6.39. The number of nitrogens with one attached hydrogen (secondary N) is 1.